The fourth-order valence-corrected chi connectivity index (χ4v) is 3.96. The number of aliphatic hydroxyl groups is 2. The number of carbonyl (C=O) groups excluding carboxylic acids is 1. The summed E-state index contributed by atoms with van der Waals surface area (Å²) in [5, 5.41) is 23.0. The second-order valence-corrected chi connectivity index (χ2v) is 7.53. The number of amides is 1. The molecule has 1 amide bonds. The lowest BCUT2D eigenvalue weighted by Gasteiger charge is -2.38. The van der Waals surface area contributed by atoms with Crippen LogP contribution in [0.15, 0.2) is 24.3 Å². The second-order valence-electron chi connectivity index (χ2n) is 7.53. The van der Waals surface area contributed by atoms with Crippen LogP contribution >= 0.6 is 12.4 Å². The van der Waals surface area contributed by atoms with Crippen LogP contribution in [0.2, 0.25) is 0 Å². The van der Waals surface area contributed by atoms with Crippen molar-refractivity contribution >= 4 is 18.3 Å². The maximum absolute atomic E-state index is 12.4. The molecule has 2 fully saturated rings. The highest BCUT2D eigenvalue weighted by molar-refractivity contribution is 5.94. The largest absolute Gasteiger partial charge is 0.497 e. The Bertz CT molecular complexity index is 622. The quantitative estimate of drug-likeness (QED) is 0.645. The smallest absolute Gasteiger partial charge is 0.251 e. The van der Waals surface area contributed by atoms with Crippen molar-refractivity contribution in [2.45, 2.75) is 44.1 Å². The highest BCUT2D eigenvalue weighted by atomic mass is 35.5. The normalized spacial score (nSPS) is 28.6. The molecule has 2 heterocycles. The van der Waals surface area contributed by atoms with Gasteiger partial charge in [-0.25, -0.2) is 0 Å². The minimum atomic E-state index is -0.758. The topological polar surface area (TPSA) is 91.3 Å². The van der Waals surface area contributed by atoms with Gasteiger partial charge in [-0.05, 0) is 56.1 Å². The van der Waals surface area contributed by atoms with Gasteiger partial charge >= 0.3 is 0 Å². The summed E-state index contributed by atoms with van der Waals surface area (Å²) in [4.78, 5) is 14.7. The van der Waals surface area contributed by atoms with E-state index in [2.05, 4.69) is 17.1 Å². The Morgan fingerprint density at radius 3 is 2.46 bits per heavy atom. The van der Waals surface area contributed by atoms with Crippen LogP contribution in [0.5, 0.6) is 5.75 Å². The molecule has 0 bridgehead atoms. The van der Waals surface area contributed by atoms with E-state index < -0.39 is 12.2 Å². The number of nitrogens with one attached hydrogen (secondary N) is 1. The zero-order valence-electron chi connectivity index (χ0n) is 16.4. The van der Waals surface area contributed by atoms with E-state index in [-0.39, 0.29) is 43.6 Å². The van der Waals surface area contributed by atoms with Crippen LogP contribution in [0.3, 0.4) is 0 Å². The molecular weight excluding hydrogens is 384 g/mol. The lowest BCUT2D eigenvalue weighted by molar-refractivity contribution is -0.0209. The summed E-state index contributed by atoms with van der Waals surface area (Å²) in [7, 11) is 1.58. The van der Waals surface area contributed by atoms with Gasteiger partial charge in [-0.1, -0.05) is 6.92 Å². The standard InChI is InChI=1S/C20H30N2O5.ClH/c1-13-7-9-22(10-8-13)18-16(27-17(12-23)19(18)24)11-21-20(25)14-3-5-15(26-2)6-4-14;/h3-6,13,16-19,23-24H,7-12H2,1-2H3,(H,21,25);1H/t16-,17+,18+,19-;/m1./s1. The second kappa shape index (κ2) is 10.4. The van der Waals surface area contributed by atoms with E-state index in [0.717, 1.165) is 25.9 Å². The Morgan fingerprint density at radius 1 is 1.25 bits per heavy atom. The van der Waals surface area contributed by atoms with Crippen molar-refractivity contribution in [3.05, 3.63) is 29.8 Å². The minimum absolute atomic E-state index is 0. The van der Waals surface area contributed by atoms with Crippen molar-refractivity contribution in [2.75, 3.05) is 33.4 Å². The van der Waals surface area contributed by atoms with Crippen LogP contribution in [-0.4, -0.2) is 78.7 Å². The summed E-state index contributed by atoms with van der Waals surface area (Å²) in [6.45, 7) is 4.09. The molecule has 0 radical (unpaired) electrons. The zero-order valence-corrected chi connectivity index (χ0v) is 17.2. The van der Waals surface area contributed by atoms with E-state index in [1.54, 1.807) is 31.4 Å². The lowest BCUT2D eigenvalue weighted by Crippen LogP contribution is -2.53. The third-order valence-corrected chi connectivity index (χ3v) is 5.70. The molecule has 0 aromatic heterocycles. The molecule has 0 unspecified atom stereocenters. The van der Waals surface area contributed by atoms with Gasteiger partial charge in [-0.15, -0.1) is 12.4 Å². The third-order valence-electron chi connectivity index (χ3n) is 5.70. The van der Waals surface area contributed by atoms with E-state index in [9.17, 15) is 15.0 Å². The SMILES string of the molecule is COc1ccc(C(=O)NC[C@H]2O[C@@H](CO)[C@@H](O)[C@H]2N2CCC(C)CC2)cc1.Cl. The summed E-state index contributed by atoms with van der Waals surface area (Å²) < 4.78 is 11.0. The first-order chi connectivity index (χ1) is 13.0. The van der Waals surface area contributed by atoms with Crippen LogP contribution in [-0.2, 0) is 4.74 Å². The number of likely N-dealkylation sites (tertiary alicyclic amines) is 1. The number of rotatable bonds is 6. The highest BCUT2D eigenvalue weighted by Crippen LogP contribution is 2.29. The van der Waals surface area contributed by atoms with E-state index >= 15 is 0 Å². The maximum atomic E-state index is 12.4. The molecule has 1 aromatic rings. The van der Waals surface area contributed by atoms with Crippen LogP contribution in [0.1, 0.15) is 30.1 Å². The Kier molecular flexibility index (Phi) is 8.52. The summed E-state index contributed by atoms with van der Waals surface area (Å²) in [6.07, 6.45) is 0.437. The molecule has 4 atom stereocenters. The van der Waals surface area contributed by atoms with E-state index in [1.807, 2.05) is 0 Å². The van der Waals surface area contributed by atoms with Crippen LogP contribution < -0.4 is 10.1 Å². The Balaban J connectivity index is 0.00000280. The average Bonchev–Trinajstić information content (AvgIpc) is 3.02. The van der Waals surface area contributed by atoms with Crippen molar-refractivity contribution in [3.63, 3.8) is 0 Å². The minimum Gasteiger partial charge on any atom is -0.497 e. The molecule has 2 saturated heterocycles. The number of hydrogen-bond donors (Lipinski definition) is 3. The van der Waals surface area contributed by atoms with Crippen LogP contribution in [0.4, 0.5) is 0 Å². The zero-order chi connectivity index (χ0) is 19.4. The van der Waals surface area contributed by atoms with Crippen molar-refractivity contribution < 1.29 is 24.5 Å². The number of carbonyl (C=O) groups is 1. The molecule has 158 valence electrons. The molecule has 1 aromatic carbocycles. The first-order valence-electron chi connectivity index (χ1n) is 9.64. The molecule has 8 heteroatoms. The Morgan fingerprint density at radius 2 is 1.89 bits per heavy atom. The number of halogens is 1. The van der Waals surface area contributed by atoms with E-state index in [1.165, 1.54) is 0 Å². The molecule has 3 N–H and O–H groups in total. The number of piperidine rings is 1. The lowest BCUT2D eigenvalue weighted by atomic mass is 9.94. The number of nitrogens with zero attached hydrogens (tertiary/aromatic N) is 1. The van der Waals surface area contributed by atoms with Gasteiger partial charge in [0.25, 0.3) is 5.91 Å². The van der Waals surface area contributed by atoms with Crippen molar-refractivity contribution in [2.24, 2.45) is 5.92 Å². The van der Waals surface area contributed by atoms with Crippen molar-refractivity contribution in [1.29, 1.82) is 0 Å². The molecule has 0 saturated carbocycles. The molecular formula is C20H31ClN2O5. The average molecular weight is 415 g/mol. The maximum Gasteiger partial charge on any atom is 0.251 e. The van der Waals surface area contributed by atoms with E-state index in [4.69, 9.17) is 9.47 Å². The molecule has 3 rings (SSSR count). The summed E-state index contributed by atoms with van der Waals surface area (Å²) in [6, 6.07) is 6.68. The van der Waals surface area contributed by atoms with Gasteiger partial charge in [-0.2, -0.15) is 0 Å². The molecule has 2 aliphatic rings. The van der Waals surface area contributed by atoms with Gasteiger partial charge in [-0.3, -0.25) is 9.69 Å². The number of methoxy groups -OCH3 is 1. The summed E-state index contributed by atoms with van der Waals surface area (Å²) >= 11 is 0. The third kappa shape index (κ3) is 5.15. The molecule has 2 aliphatic heterocycles. The van der Waals surface area contributed by atoms with Crippen LogP contribution in [0.25, 0.3) is 0 Å². The van der Waals surface area contributed by atoms with Gasteiger partial charge in [0.15, 0.2) is 0 Å². The number of benzene rings is 1. The van der Waals surface area contributed by atoms with Crippen molar-refractivity contribution in [3.8, 4) is 5.75 Å². The summed E-state index contributed by atoms with van der Waals surface area (Å²) in [5.41, 5.74) is 0.538. The number of hydrogen-bond acceptors (Lipinski definition) is 6. The first kappa shape index (κ1) is 22.9. The molecule has 28 heavy (non-hydrogen) atoms. The fourth-order valence-electron chi connectivity index (χ4n) is 3.96. The Labute approximate surface area is 172 Å². The fraction of sp³-hybridized carbons (Fsp3) is 0.650. The van der Waals surface area contributed by atoms with Crippen molar-refractivity contribution in [1.82, 2.24) is 10.2 Å². The van der Waals surface area contributed by atoms with Gasteiger partial charge in [0.05, 0.1) is 25.9 Å². The van der Waals surface area contributed by atoms with Gasteiger partial charge in [0.1, 0.15) is 18.0 Å². The first-order valence-corrected chi connectivity index (χ1v) is 9.64. The Hall–Kier alpha value is -1.38. The summed E-state index contributed by atoms with van der Waals surface area (Å²) in [5.74, 6) is 1.18. The predicted octanol–water partition coefficient (Wildman–Crippen LogP) is 1.07. The van der Waals surface area contributed by atoms with Gasteiger partial charge < -0.3 is 25.0 Å². The number of ether oxygens (including phenoxy) is 2. The molecule has 0 aliphatic carbocycles. The molecule has 7 nitrogen and oxygen atoms in total. The van der Waals surface area contributed by atoms with Gasteiger partial charge in [0.2, 0.25) is 0 Å². The monoisotopic (exact) mass is 414 g/mol. The predicted molar refractivity (Wildman–Crippen MR) is 108 cm³/mol. The van der Waals surface area contributed by atoms with E-state index in [0.29, 0.717) is 17.2 Å². The highest BCUT2D eigenvalue weighted by Gasteiger charge is 2.46. The van der Waals surface area contributed by atoms with Crippen LogP contribution in [0, 0.1) is 5.92 Å². The van der Waals surface area contributed by atoms with Gasteiger partial charge in [0, 0.05) is 12.1 Å². The number of aliphatic hydroxyl groups excluding tert-OH is 2. The molecule has 0 spiro atoms.